The highest BCUT2D eigenvalue weighted by atomic mass is 32.2. The molecule has 4 aromatic rings. The Balaban J connectivity index is 1.46. The van der Waals surface area contributed by atoms with Crippen LogP contribution in [-0.2, 0) is 6.54 Å². The van der Waals surface area contributed by atoms with Gasteiger partial charge in [0.25, 0.3) is 11.2 Å². The van der Waals surface area contributed by atoms with Crippen LogP contribution in [0.5, 0.6) is 5.75 Å². The van der Waals surface area contributed by atoms with Crippen molar-refractivity contribution < 1.29 is 9.66 Å². The first-order valence-corrected chi connectivity index (χ1v) is 11.0. The molecule has 160 valence electrons. The zero-order valence-electron chi connectivity index (χ0n) is 16.9. The molecule has 0 bridgehead atoms. The first-order chi connectivity index (χ1) is 15.1. The van der Waals surface area contributed by atoms with Crippen LogP contribution in [0.1, 0.15) is 19.8 Å². The lowest BCUT2D eigenvalue weighted by atomic mass is 10.2. The van der Waals surface area contributed by atoms with Gasteiger partial charge in [-0.2, -0.15) is 0 Å². The van der Waals surface area contributed by atoms with Crippen molar-refractivity contribution in [3.63, 3.8) is 0 Å². The number of non-ortho nitro benzene ring substituents is 1. The van der Waals surface area contributed by atoms with Gasteiger partial charge in [-0.3, -0.25) is 23.9 Å². The first-order valence-electron chi connectivity index (χ1n) is 9.97. The number of benzene rings is 2. The molecule has 0 atom stereocenters. The van der Waals surface area contributed by atoms with E-state index >= 15 is 0 Å². The number of hydrogen-bond acceptors (Lipinski definition) is 7. The maximum absolute atomic E-state index is 12.9. The highest BCUT2D eigenvalue weighted by Gasteiger charge is 2.16. The van der Waals surface area contributed by atoms with Crippen molar-refractivity contribution in [1.82, 2.24) is 19.2 Å². The SMILES string of the molecule is CCCn1c(=O)c2ccccc2n2c(SCCCOc3ccc([N+](=O)[O-])cc3)nnc12. The van der Waals surface area contributed by atoms with Crippen LogP contribution >= 0.6 is 11.8 Å². The van der Waals surface area contributed by atoms with E-state index in [1.54, 1.807) is 28.5 Å². The maximum atomic E-state index is 12.9. The number of nitro benzene ring substituents is 1. The molecule has 0 N–H and O–H groups in total. The molecule has 0 amide bonds. The number of ether oxygens (including phenoxy) is 1. The number of aryl methyl sites for hydroxylation is 1. The number of para-hydroxylation sites is 1. The number of nitro groups is 1. The Morgan fingerprint density at radius 2 is 1.90 bits per heavy atom. The molecule has 31 heavy (non-hydrogen) atoms. The summed E-state index contributed by atoms with van der Waals surface area (Å²) in [5.74, 6) is 1.89. The molecule has 2 heterocycles. The molecule has 10 heteroatoms. The fourth-order valence-corrected chi connectivity index (χ4v) is 4.18. The van der Waals surface area contributed by atoms with Gasteiger partial charge in [0.05, 0.1) is 22.4 Å². The molecule has 0 saturated carbocycles. The largest absolute Gasteiger partial charge is 0.494 e. The van der Waals surface area contributed by atoms with E-state index in [2.05, 4.69) is 10.2 Å². The summed E-state index contributed by atoms with van der Waals surface area (Å²) in [7, 11) is 0. The van der Waals surface area contributed by atoms with Gasteiger partial charge < -0.3 is 4.74 Å². The minimum Gasteiger partial charge on any atom is -0.494 e. The number of nitrogens with zero attached hydrogens (tertiary/aromatic N) is 5. The number of aromatic nitrogens is 4. The molecular formula is C21H21N5O4S. The van der Waals surface area contributed by atoms with Gasteiger partial charge in [0.15, 0.2) is 5.16 Å². The predicted octanol–water partition coefficient (Wildman–Crippen LogP) is 3.92. The van der Waals surface area contributed by atoms with Gasteiger partial charge in [0, 0.05) is 24.4 Å². The fraction of sp³-hybridized carbons (Fsp3) is 0.286. The van der Waals surface area contributed by atoms with E-state index in [0.29, 0.717) is 30.1 Å². The molecule has 9 nitrogen and oxygen atoms in total. The van der Waals surface area contributed by atoms with Gasteiger partial charge in [0.2, 0.25) is 5.78 Å². The molecular weight excluding hydrogens is 418 g/mol. The first kappa shape index (κ1) is 20.9. The van der Waals surface area contributed by atoms with Crippen molar-refractivity contribution in [2.24, 2.45) is 0 Å². The van der Waals surface area contributed by atoms with Gasteiger partial charge in [-0.15, -0.1) is 10.2 Å². The third kappa shape index (κ3) is 4.24. The van der Waals surface area contributed by atoms with Crippen molar-refractivity contribution >= 4 is 34.1 Å². The Kier molecular flexibility index (Phi) is 6.17. The normalized spacial score (nSPS) is 11.3. The summed E-state index contributed by atoms with van der Waals surface area (Å²) in [4.78, 5) is 23.1. The topological polar surface area (TPSA) is 105 Å². The lowest BCUT2D eigenvalue weighted by Gasteiger charge is -2.10. The Morgan fingerprint density at radius 3 is 2.65 bits per heavy atom. The Morgan fingerprint density at radius 1 is 1.13 bits per heavy atom. The molecule has 2 aromatic carbocycles. The summed E-state index contributed by atoms with van der Waals surface area (Å²) >= 11 is 1.55. The van der Waals surface area contributed by atoms with Gasteiger partial charge in [0.1, 0.15) is 5.75 Å². The summed E-state index contributed by atoms with van der Waals surface area (Å²) in [6.45, 7) is 3.08. The molecule has 0 unspecified atom stereocenters. The third-order valence-electron chi connectivity index (χ3n) is 4.76. The van der Waals surface area contributed by atoms with Crippen molar-refractivity contribution in [3.8, 4) is 5.75 Å². The zero-order chi connectivity index (χ0) is 21.8. The quantitative estimate of drug-likeness (QED) is 0.168. The van der Waals surface area contributed by atoms with E-state index in [4.69, 9.17) is 4.74 Å². The molecule has 0 aliphatic carbocycles. The van der Waals surface area contributed by atoms with E-state index in [1.165, 1.54) is 12.1 Å². The molecule has 0 radical (unpaired) electrons. The Bertz CT molecular complexity index is 1280. The van der Waals surface area contributed by atoms with Gasteiger partial charge in [-0.05, 0) is 37.1 Å². The molecule has 0 spiro atoms. The monoisotopic (exact) mass is 439 g/mol. The molecule has 0 aliphatic rings. The number of fused-ring (bicyclic) bond motifs is 3. The van der Waals surface area contributed by atoms with Crippen molar-refractivity contribution in [2.45, 2.75) is 31.5 Å². The molecule has 2 aromatic heterocycles. The average molecular weight is 439 g/mol. The van der Waals surface area contributed by atoms with E-state index in [0.717, 1.165) is 29.3 Å². The van der Waals surface area contributed by atoms with Crippen LogP contribution in [-0.4, -0.2) is 36.4 Å². The lowest BCUT2D eigenvalue weighted by Crippen LogP contribution is -2.23. The third-order valence-corrected chi connectivity index (χ3v) is 5.78. The van der Waals surface area contributed by atoms with Gasteiger partial charge >= 0.3 is 0 Å². The van der Waals surface area contributed by atoms with Crippen molar-refractivity contribution in [3.05, 3.63) is 69.0 Å². The maximum Gasteiger partial charge on any atom is 0.269 e. The summed E-state index contributed by atoms with van der Waals surface area (Å²) < 4.78 is 9.28. The van der Waals surface area contributed by atoms with Crippen LogP contribution in [0.3, 0.4) is 0 Å². The van der Waals surface area contributed by atoms with Crippen molar-refractivity contribution in [1.29, 1.82) is 0 Å². The second-order valence-electron chi connectivity index (χ2n) is 6.89. The predicted molar refractivity (Wildman–Crippen MR) is 119 cm³/mol. The second kappa shape index (κ2) is 9.17. The van der Waals surface area contributed by atoms with Crippen LogP contribution in [0.15, 0.2) is 58.5 Å². The van der Waals surface area contributed by atoms with Crippen molar-refractivity contribution in [2.75, 3.05) is 12.4 Å². The molecule has 0 aliphatic heterocycles. The number of rotatable bonds is 9. The van der Waals surface area contributed by atoms with Crippen LogP contribution in [0.25, 0.3) is 16.7 Å². The summed E-state index contributed by atoms with van der Waals surface area (Å²) in [5, 5.41) is 20.7. The number of hydrogen-bond donors (Lipinski definition) is 0. The highest BCUT2D eigenvalue weighted by Crippen LogP contribution is 2.23. The summed E-state index contributed by atoms with van der Waals surface area (Å²) in [6.07, 6.45) is 1.58. The zero-order valence-corrected chi connectivity index (χ0v) is 17.7. The summed E-state index contributed by atoms with van der Waals surface area (Å²) in [5.41, 5.74) is 0.783. The average Bonchev–Trinajstić information content (AvgIpc) is 3.20. The molecule has 4 rings (SSSR count). The minimum atomic E-state index is -0.437. The lowest BCUT2D eigenvalue weighted by molar-refractivity contribution is -0.384. The van der Waals surface area contributed by atoms with Crippen LogP contribution in [0, 0.1) is 10.1 Å². The van der Waals surface area contributed by atoms with E-state index in [9.17, 15) is 14.9 Å². The van der Waals surface area contributed by atoms with E-state index < -0.39 is 4.92 Å². The van der Waals surface area contributed by atoms with Crippen LogP contribution < -0.4 is 10.3 Å². The van der Waals surface area contributed by atoms with Gasteiger partial charge in [-0.1, -0.05) is 30.8 Å². The summed E-state index contributed by atoms with van der Waals surface area (Å²) in [6, 6.07) is 13.5. The smallest absolute Gasteiger partial charge is 0.269 e. The van der Waals surface area contributed by atoms with E-state index in [-0.39, 0.29) is 11.2 Å². The second-order valence-corrected chi connectivity index (χ2v) is 7.96. The Labute approximate surface area is 181 Å². The standard InChI is InChI=1S/C21H21N5O4S/c1-2-12-24-19(27)17-6-3-4-7-18(17)25-20(24)22-23-21(25)31-14-5-13-30-16-10-8-15(9-11-16)26(28)29/h3-4,6-11H,2,5,12-14H2,1H3. The van der Waals surface area contributed by atoms with Gasteiger partial charge in [-0.25, -0.2) is 0 Å². The molecule has 0 fully saturated rings. The fourth-order valence-electron chi connectivity index (χ4n) is 3.33. The Hall–Kier alpha value is -3.40. The number of thioether (sulfide) groups is 1. The molecule has 0 saturated heterocycles. The van der Waals surface area contributed by atoms with Crippen LogP contribution in [0.4, 0.5) is 5.69 Å². The van der Waals surface area contributed by atoms with E-state index in [1.807, 2.05) is 35.6 Å². The minimum absolute atomic E-state index is 0.0374. The van der Waals surface area contributed by atoms with Crippen LogP contribution in [0.2, 0.25) is 0 Å². The highest BCUT2D eigenvalue weighted by molar-refractivity contribution is 7.99.